The molecule has 7 heteroatoms. The van der Waals surface area contributed by atoms with Gasteiger partial charge in [0.15, 0.2) is 5.13 Å². The second-order valence-corrected chi connectivity index (χ2v) is 4.58. The van der Waals surface area contributed by atoms with Crippen LogP contribution >= 0.6 is 23.1 Å². The van der Waals surface area contributed by atoms with Crippen molar-refractivity contribution in [3.8, 4) is 0 Å². The number of anilines is 1. The van der Waals surface area contributed by atoms with Crippen LogP contribution in [-0.2, 0) is 9.59 Å². The summed E-state index contributed by atoms with van der Waals surface area (Å²) in [4.78, 5) is 25.3. The lowest BCUT2D eigenvalue weighted by Gasteiger charge is -2.00. The molecule has 2 N–H and O–H groups in total. The highest BCUT2D eigenvalue weighted by Crippen LogP contribution is 2.11. The number of carbonyl (C=O) groups is 2. The maximum atomic E-state index is 11.2. The summed E-state index contributed by atoms with van der Waals surface area (Å²) in [6.07, 6.45) is 1.69. The Labute approximate surface area is 94.9 Å². The van der Waals surface area contributed by atoms with Gasteiger partial charge in [0.25, 0.3) is 0 Å². The Morgan fingerprint density at radius 1 is 1.60 bits per heavy atom. The van der Waals surface area contributed by atoms with E-state index in [0.717, 1.165) is 0 Å². The minimum atomic E-state index is -0.845. The summed E-state index contributed by atoms with van der Waals surface area (Å²) in [5, 5.41) is 13.3. The van der Waals surface area contributed by atoms with Crippen LogP contribution in [0.2, 0.25) is 0 Å². The quantitative estimate of drug-likeness (QED) is 0.739. The fraction of sp³-hybridized carbons (Fsp3) is 0.375. The summed E-state index contributed by atoms with van der Waals surface area (Å²) < 4.78 is 0. The van der Waals surface area contributed by atoms with Crippen LogP contribution in [-0.4, -0.2) is 33.5 Å². The molecule has 0 fully saturated rings. The van der Waals surface area contributed by atoms with Gasteiger partial charge in [-0.25, -0.2) is 4.98 Å². The maximum Gasteiger partial charge on any atom is 0.304 e. The molecule has 0 aliphatic heterocycles. The second-order valence-electron chi connectivity index (χ2n) is 2.58. The molecule has 1 amide bonds. The molecule has 1 aromatic rings. The lowest BCUT2D eigenvalue weighted by molar-refractivity contribution is -0.136. The molecule has 0 aromatic carbocycles. The van der Waals surface area contributed by atoms with Gasteiger partial charge in [-0.05, 0) is 0 Å². The zero-order chi connectivity index (χ0) is 11.1. The maximum absolute atomic E-state index is 11.2. The molecule has 0 saturated heterocycles. The highest BCUT2D eigenvalue weighted by atomic mass is 32.2. The molecule has 0 unspecified atom stereocenters. The van der Waals surface area contributed by atoms with Crippen LogP contribution in [0.5, 0.6) is 0 Å². The molecule has 0 spiro atoms. The summed E-state index contributed by atoms with van der Waals surface area (Å²) in [6.45, 7) is 0. The Kier molecular flexibility index (Phi) is 5.13. The van der Waals surface area contributed by atoms with Gasteiger partial charge in [-0.2, -0.15) is 11.8 Å². The first kappa shape index (κ1) is 12.0. The van der Waals surface area contributed by atoms with Gasteiger partial charge in [-0.1, -0.05) is 0 Å². The van der Waals surface area contributed by atoms with E-state index < -0.39 is 5.97 Å². The molecular formula is C8H10N2O3S2. The van der Waals surface area contributed by atoms with E-state index in [1.54, 1.807) is 11.6 Å². The first-order chi connectivity index (χ1) is 7.18. The Bertz CT molecular complexity index is 327. The number of rotatable bonds is 6. The fourth-order valence-electron chi connectivity index (χ4n) is 0.765. The largest absolute Gasteiger partial charge is 0.481 e. The molecule has 0 aliphatic carbocycles. The average Bonchev–Trinajstić information content (AvgIpc) is 2.64. The minimum Gasteiger partial charge on any atom is -0.481 e. The molecule has 0 radical (unpaired) electrons. The summed E-state index contributed by atoms with van der Waals surface area (Å²) in [6, 6.07) is 0. The molecule has 0 aliphatic rings. The van der Waals surface area contributed by atoms with Crippen molar-refractivity contribution in [2.45, 2.75) is 6.42 Å². The monoisotopic (exact) mass is 246 g/mol. The summed E-state index contributed by atoms with van der Waals surface area (Å²) >= 11 is 2.64. The zero-order valence-corrected chi connectivity index (χ0v) is 9.44. The van der Waals surface area contributed by atoms with Crippen LogP contribution in [0.1, 0.15) is 6.42 Å². The van der Waals surface area contributed by atoms with Crippen LogP contribution in [0.15, 0.2) is 11.6 Å². The van der Waals surface area contributed by atoms with Gasteiger partial charge in [-0.3, -0.25) is 9.59 Å². The number of hydrogen-bond donors (Lipinski definition) is 2. The van der Waals surface area contributed by atoms with Gasteiger partial charge in [-0.15, -0.1) is 11.3 Å². The number of nitrogens with one attached hydrogen (secondary N) is 1. The molecule has 1 rings (SSSR count). The van der Waals surface area contributed by atoms with E-state index in [9.17, 15) is 9.59 Å². The summed E-state index contributed by atoms with van der Waals surface area (Å²) in [7, 11) is 0. The summed E-state index contributed by atoms with van der Waals surface area (Å²) in [5.41, 5.74) is 0. The number of thiazole rings is 1. The summed E-state index contributed by atoms with van der Waals surface area (Å²) in [5.74, 6) is -0.295. The van der Waals surface area contributed by atoms with Gasteiger partial charge >= 0.3 is 5.97 Å². The van der Waals surface area contributed by atoms with Crippen LogP contribution in [0, 0.1) is 0 Å². The lowest BCUT2D eigenvalue weighted by atomic mass is 10.5. The number of aliphatic carboxylic acids is 1. The Morgan fingerprint density at radius 3 is 3.00 bits per heavy atom. The number of hydrogen-bond acceptors (Lipinski definition) is 5. The third-order valence-electron chi connectivity index (χ3n) is 1.37. The van der Waals surface area contributed by atoms with Gasteiger partial charge in [0, 0.05) is 17.3 Å². The molecule has 15 heavy (non-hydrogen) atoms. The SMILES string of the molecule is O=C(O)CCSCC(=O)Nc1nccs1. The van der Waals surface area contributed by atoms with Gasteiger partial charge in [0.2, 0.25) is 5.91 Å². The van der Waals surface area contributed by atoms with Crippen LogP contribution in [0.4, 0.5) is 5.13 Å². The highest BCUT2D eigenvalue weighted by Gasteiger charge is 2.04. The van der Waals surface area contributed by atoms with E-state index >= 15 is 0 Å². The fourth-order valence-corrected chi connectivity index (χ4v) is 2.03. The van der Waals surface area contributed by atoms with Crippen LogP contribution < -0.4 is 5.32 Å². The smallest absolute Gasteiger partial charge is 0.304 e. The minimum absolute atomic E-state index is 0.0786. The third-order valence-corrected chi connectivity index (χ3v) is 3.02. The molecule has 82 valence electrons. The molecule has 0 bridgehead atoms. The van der Waals surface area contributed by atoms with Crippen molar-refractivity contribution in [2.75, 3.05) is 16.8 Å². The number of amides is 1. The molecule has 0 saturated carbocycles. The van der Waals surface area contributed by atoms with Gasteiger partial charge in [0.1, 0.15) is 0 Å². The van der Waals surface area contributed by atoms with Crippen LogP contribution in [0.25, 0.3) is 0 Å². The highest BCUT2D eigenvalue weighted by molar-refractivity contribution is 7.99. The number of aromatic nitrogens is 1. The van der Waals surface area contributed by atoms with Crippen molar-refractivity contribution in [2.24, 2.45) is 0 Å². The Hall–Kier alpha value is -1.08. The lowest BCUT2D eigenvalue weighted by Crippen LogP contribution is -2.14. The number of carboxylic acid groups (broad SMARTS) is 1. The Balaban J connectivity index is 2.11. The van der Waals surface area contributed by atoms with Crippen molar-refractivity contribution in [3.05, 3.63) is 11.6 Å². The van der Waals surface area contributed by atoms with Crippen molar-refractivity contribution in [1.29, 1.82) is 0 Å². The second kappa shape index (κ2) is 6.41. The third kappa shape index (κ3) is 5.38. The molecular weight excluding hydrogens is 236 g/mol. The van der Waals surface area contributed by atoms with E-state index in [0.29, 0.717) is 10.9 Å². The van der Waals surface area contributed by atoms with Crippen LogP contribution in [0.3, 0.4) is 0 Å². The molecule has 1 heterocycles. The normalized spacial score (nSPS) is 9.87. The predicted octanol–water partition coefficient (Wildman–Crippen LogP) is 1.29. The standard InChI is InChI=1S/C8H10N2O3S2/c11-6(5-14-3-1-7(12)13)10-8-9-2-4-15-8/h2,4H,1,3,5H2,(H,12,13)(H,9,10,11). The number of carbonyl (C=O) groups excluding carboxylic acids is 1. The average molecular weight is 246 g/mol. The number of thioether (sulfide) groups is 1. The molecule has 1 aromatic heterocycles. The van der Waals surface area contributed by atoms with Crippen molar-refractivity contribution in [1.82, 2.24) is 4.98 Å². The van der Waals surface area contributed by atoms with Crippen molar-refractivity contribution >= 4 is 40.1 Å². The van der Waals surface area contributed by atoms with Crippen molar-refractivity contribution < 1.29 is 14.7 Å². The Morgan fingerprint density at radius 2 is 2.40 bits per heavy atom. The predicted molar refractivity (Wildman–Crippen MR) is 60.3 cm³/mol. The van der Waals surface area contributed by atoms with E-state index in [1.807, 2.05) is 0 Å². The molecule has 5 nitrogen and oxygen atoms in total. The van der Waals surface area contributed by atoms with E-state index in [2.05, 4.69) is 10.3 Å². The topological polar surface area (TPSA) is 79.3 Å². The molecule has 0 atom stereocenters. The number of nitrogens with zero attached hydrogens (tertiary/aromatic N) is 1. The van der Waals surface area contributed by atoms with E-state index in [1.165, 1.54) is 23.1 Å². The van der Waals surface area contributed by atoms with E-state index in [-0.39, 0.29) is 18.1 Å². The van der Waals surface area contributed by atoms with E-state index in [4.69, 9.17) is 5.11 Å². The number of carboxylic acids is 1. The first-order valence-corrected chi connectivity index (χ1v) is 6.21. The van der Waals surface area contributed by atoms with Crippen molar-refractivity contribution in [3.63, 3.8) is 0 Å². The van der Waals surface area contributed by atoms with Gasteiger partial charge in [0.05, 0.1) is 12.2 Å². The van der Waals surface area contributed by atoms with Gasteiger partial charge < -0.3 is 10.4 Å². The zero-order valence-electron chi connectivity index (χ0n) is 7.80. The first-order valence-electron chi connectivity index (χ1n) is 4.17.